The molecule has 18 heavy (non-hydrogen) atoms. The Labute approximate surface area is 116 Å². The molecule has 0 fully saturated rings. The minimum absolute atomic E-state index is 0.174. The summed E-state index contributed by atoms with van der Waals surface area (Å²) in [4.78, 5) is 11.7. The Kier molecular flexibility index (Phi) is 4.04. The molecule has 1 N–H and O–H groups in total. The van der Waals surface area contributed by atoms with Crippen LogP contribution in [0.3, 0.4) is 0 Å². The molecule has 0 bridgehead atoms. The van der Waals surface area contributed by atoms with Crippen molar-refractivity contribution in [2.75, 3.05) is 24.3 Å². The van der Waals surface area contributed by atoms with Crippen LogP contribution in [0.1, 0.15) is 17.8 Å². The van der Waals surface area contributed by atoms with E-state index in [2.05, 4.69) is 22.2 Å². The van der Waals surface area contributed by atoms with E-state index >= 15 is 0 Å². The second-order valence-electron chi connectivity index (χ2n) is 4.14. The van der Waals surface area contributed by atoms with Gasteiger partial charge >= 0.3 is 0 Å². The van der Waals surface area contributed by atoms with Gasteiger partial charge in [0.25, 0.3) is 0 Å². The van der Waals surface area contributed by atoms with E-state index in [4.69, 9.17) is 11.6 Å². The molecule has 0 saturated carbocycles. The number of nitrogens with one attached hydrogen (secondary N) is 1. The average molecular weight is 283 g/mol. The number of rotatable bonds is 4. The largest absolute Gasteiger partial charge is 0.363 e. The monoisotopic (exact) mass is 282 g/mol. The van der Waals surface area contributed by atoms with E-state index in [0.29, 0.717) is 5.95 Å². The minimum Gasteiger partial charge on any atom is -0.363 e. The van der Waals surface area contributed by atoms with Gasteiger partial charge in [-0.2, -0.15) is 4.98 Å². The third-order valence-corrected chi connectivity index (χ3v) is 3.84. The van der Waals surface area contributed by atoms with Gasteiger partial charge in [-0.05, 0) is 25.1 Å². The van der Waals surface area contributed by atoms with Crippen LogP contribution in [0.25, 0.3) is 0 Å². The summed E-state index contributed by atoms with van der Waals surface area (Å²) in [7, 11) is 3.84. The van der Waals surface area contributed by atoms with E-state index in [9.17, 15) is 0 Å². The molecule has 4 nitrogen and oxygen atoms in total. The van der Waals surface area contributed by atoms with E-state index in [0.717, 1.165) is 10.2 Å². The molecule has 2 aromatic rings. The van der Waals surface area contributed by atoms with Gasteiger partial charge in [-0.25, -0.2) is 4.98 Å². The molecule has 0 aliphatic heterocycles. The molecule has 0 amide bonds. The summed E-state index contributed by atoms with van der Waals surface area (Å²) >= 11 is 7.51. The van der Waals surface area contributed by atoms with Crippen molar-refractivity contribution in [3.8, 4) is 0 Å². The maximum absolute atomic E-state index is 5.93. The molecule has 1 unspecified atom stereocenters. The van der Waals surface area contributed by atoms with Crippen molar-refractivity contribution in [3.63, 3.8) is 0 Å². The van der Waals surface area contributed by atoms with Gasteiger partial charge in [-0.15, -0.1) is 11.3 Å². The molecule has 1 atom stereocenters. The molecule has 0 spiro atoms. The van der Waals surface area contributed by atoms with Crippen molar-refractivity contribution >= 4 is 34.7 Å². The fourth-order valence-corrected chi connectivity index (χ4v) is 2.56. The van der Waals surface area contributed by atoms with Crippen LogP contribution in [-0.4, -0.2) is 24.1 Å². The van der Waals surface area contributed by atoms with Crippen LogP contribution in [0.5, 0.6) is 0 Å². The van der Waals surface area contributed by atoms with Crippen molar-refractivity contribution in [2.24, 2.45) is 0 Å². The first kappa shape index (κ1) is 13.1. The number of aromatic nitrogens is 2. The predicted molar refractivity (Wildman–Crippen MR) is 77.7 cm³/mol. The molecule has 0 aliphatic carbocycles. The highest BCUT2D eigenvalue weighted by atomic mass is 35.5. The number of halogens is 1. The molecule has 2 heterocycles. The smallest absolute Gasteiger partial charge is 0.226 e. The quantitative estimate of drug-likeness (QED) is 0.933. The molecule has 0 aliphatic rings. The first-order valence-corrected chi connectivity index (χ1v) is 6.78. The standard InChI is InChI=1S/C12H15ClN4S/c1-8(9-4-5-10(13)18-9)15-11-6-7-14-12(16-11)17(2)3/h4-8H,1-3H3,(H,14,15,16). The maximum atomic E-state index is 5.93. The lowest BCUT2D eigenvalue weighted by Gasteiger charge is -2.15. The van der Waals surface area contributed by atoms with E-state index in [1.807, 2.05) is 37.2 Å². The third-order valence-electron chi connectivity index (χ3n) is 2.43. The first-order chi connectivity index (χ1) is 8.56. The van der Waals surface area contributed by atoms with Crippen LogP contribution in [0, 0.1) is 0 Å². The van der Waals surface area contributed by atoms with E-state index < -0.39 is 0 Å². The highest BCUT2D eigenvalue weighted by molar-refractivity contribution is 7.16. The van der Waals surface area contributed by atoms with Crippen LogP contribution >= 0.6 is 22.9 Å². The van der Waals surface area contributed by atoms with Crippen molar-refractivity contribution < 1.29 is 0 Å². The Morgan fingerprint density at radius 1 is 1.33 bits per heavy atom. The molecule has 0 aromatic carbocycles. The van der Waals surface area contributed by atoms with Crippen molar-refractivity contribution in [1.82, 2.24) is 9.97 Å². The predicted octanol–water partition coefficient (Wildman–Crippen LogP) is 3.43. The van der Waals surface area contributed by atoms with Crippen LogP contribution in [0.2, 0.25) is 4.34 Å². The lowest BCUT2D eigenvalue weighted by atomic mass is 10.3. The summed E-state index contributed by atoms with van der Waals surface area (Å²) in [5.41, 5.74) is 0. The summed E-state index contributed by atoms with van der Waals surface area (Å²) in [6, 6.07) is 5.97. The van der Waals surface area contributed by atoms with Gasteiger partial charge in [0.15, 0.2) is 0 Å². The highest BCUT2D eigenvalue weighted by Gasteiger charge is 2.09. The molecule has 0 radical (unpaired) electrons. The van der Waals surface area contributed by atoms with Gasteiger partial charge in [-0.3, -0.25) is 0 Å². The number of anilines is 2. The van der Waals surface area contributed by atoms with Crippen molar-refractivity contribution in [1.29, 1.82) is 0 Å². The Morgan fingerprint density at radius 3 is 2.72 bits per heavy atom. The zero-order valence-corrected chi connectivity index (χ0v) is 12.1. The fourth-order valence-electron chi connectivity index (χ4n) is 1.50. The molecular formula is C12H15ClN4S. The number of hydrogen-bond donors (Lipinski definition) is 1. The summed E-state index contributed by atoms with van der Waals surface area (Å²) in [5, 5.41) is 3.34. The van der Waals surface area contributed by atoms with E-state index in [-0.39, 0.29) is 6.04 Å². The normalized spacial score (nSPS) is 12.2. The molecule has 96 valence electrons. The summed E-state index contributed by atoms with van der Waals surface area (Å²) in [5.74, 6) is 1.50. The second kappa shape index (κ2) is 5.54. The molecule has 0 saturated heterocycles. The van der Waals surface area contributed by atoms with Gasteiger partial charge in [0.2, 0.25) is 5.95 Å². The van der Waals surface area contributed by atoms with Crippen molar-refractivity contribution in [3.05, 3.63) is 33.6 Å². The van der Waals surface area contributed by atoms with Gasteiger partial charge in [0, 0.05) is 25.2 Å². The van der Waals surface area contributed by atoms with E-state index in [1.54, 1.807) is 17.5 Å². The summed E-state index contributed by atoms with van der Waals surface area (Å²) < 4.78 is 0.801. The van der Waals surface area contributed by atoms with Crippen LogP contribution in [0.4, 0.5) is 11.8 Å². The zero-order chi connectivity index (χ0) is 13.1. The molecular weight excluding hydrogens is 268 g/mol. The molecule has 2 aromatic heterocycles. The number of hydrogen-bond acceptors (Lipinski definition) is 5. The lowest BCUT2D eigenvalue weighted by Crippen LogP contribution is -2.14. The fraction of sp³-hybridized carbons (Fsp3) is 0.333. The highest BCUT2D eigenvalue weighted by Crippen LogP contribution is 2.28. The van der Waals surface area contributed by atoms with Gasteiger partial charge in [0.05, 0.1) is 10.4 Å². The Balaban J connectivity index is 2.11. The molecule has 6 heteroatoms. The Hall–Kier alpha value is -1.33. The Bertz CT molecular complexity index is 526. The SMILES string of the molecule is CC(Nc1ccnc(N(C)C)n1)c1ccc(Cl)s1. The number of thiophene rings is 1. The van der Waals surface area contributed by atoms with Gasteiger partial charge < -0.3 is 10.2 Å². The van der Waals surface area contributed by atoms with Crippen LogP contribution < -0.4 is 10.2 Å². The molecule has 2 rings (SSSR count). The van der Waals surface area contributed by atoms with Gasteiger partial charge in [-0.1, -0.05) is 11.6 Å². The lowest BCUT2D eigenvalue weighted by molar-refractivity contribution is 0.887. The van der Waals surface area contributed by atoms with Crippen LogP contribution in [0.15, 0.2) is 24.4 Å². The summed E-state index contributed by atoms with van der Waals surface area (Å²) in [6.07, 6.45) is 1.75. The number of nitrogens with zero attached hydrogens (tertiary/aromatic N) is 3. The second-order valence-corrected chi connectivity index (χ2v) is 5.89. The third kappa shape index (κ3) is 3.11. The Morgan fingerprint density at radius 2 is 2.11 bits per heavy atom. The average Bonchev–Trinajstić information content (AvgIpc) is 2.76. The zero-order valence-electron chi connectivity index (χ0n) is 10.5. The maximum Gasteiger partial charge on any atom is 0.226 e. The minimum atomic E-state index is 0.174. The van der Waals surface area contributed by atoms with Crippen molar-refractivity contribution in [2.45, 2.75) is 13.0 Å². The first-order valence-electron chi connectivity index (χ1n) is 5.58. The summed E-state index contributed by atoms with van der Waals surface area (Å²) in [6.45, 7) is 2.08. The van der Waals surface area contributed by atoms with Gasteiger partial charge in [0.1, 0.15) is 5.82 Å². The van der Waals surface area contributed by atoms with Crippen LogP contribution in [-0.2, 0) is 0 Å². The topological polar surface area (TPSA) is 41.1 Å². The van der Waals surface area contributed by atoms with E-state index in [1.165, 1.54) is 4.88 Å².